The average molecular weight is 307 g/mol. The fraction of sp³-hybridized carbons (Fsp3) is 0.700. The van der Waals surface area contributed by atoms with Crippen LogP contribution in [0.4, 0.5) is 0 Å². The van der Waals surface area contributed by atoms with Gasteiger partial charge in [-0.15, -0.1) is 0 Å². The Bertz CT molecular complexity index is 385. The van der Waals surface area contributed by atoms with E-state index in [0.29, 0.717) is 0 Å². The lowest BCUT2D eigenvalue weighted by Gasteiger charge is -2.21. The van der Waals surface area contributed by atoms with E-state index in [2.05, 4.69) is 76.7 Å². The second-order valence-corrected chi connectivity index (χ2v) is 6.41. The molecule has 0 aliphatic rings. The Hall–Kier alpha value is -0.860. The number of nitrogens with zero attached hydrogens (tertiary/aromatic N) is 2. The molecule has 0 atom stereocenters. The Labute approximate surface area is 139 Å². The van der Waals surface area contributed by atoms with Crippen molar-refractivity contribution in [3.63, 3.8) is 0 Å². The first-order valence-electron chi connectivity index (χ1n) is 8.87. The molecular formula is C20H38N2. The van der Waals surface area contributed by atoms with Crippen molar-refractivity contribution in [2.75, 3.05) is 40.3 Å². The molecule has 2 heteroatoms. The van der Waals surface area contributed by atoms with Crippen molar-refractivity contribution in [3.05, 3.63) is 34.9 Å². The van der Waals surface area contributed by atoms with Gasteiger partial charge in [0.15, 0.2) is 0 Å². The molecule has 0 aromatic heterocycles. The predicted molar refractivity (Wildman–Crippen MR) is 101 cm³/mol. The van der Waals surface area contributed by atoms with Gasteiger partial charge < -0.3 is 9.80 Å². The van der Waals surface area contributed by atoms with E-state index in [-0.39, 0.29) is 0 Å². The summed E-state index contributed by atoms with van der Waals surface area (Å²) in [5.41, 5.74) is 4.27. The summed E-state index contributed by atoms with van der Waals surface area (Å²) < 4.78 is 0. The first-order chi connectivity index (χ1) is 10.4. The maximum absolute atomic E-state index is 2.49. The van der Waals surface area contributed by atoms with E-state index in [4.69, 9.17) is 0 Å². The zero-order valence-corrected chi connectivity index (χ0v) is 16.1. The molecule has 0 N–H and O–H groups in total. The van der Waals surface area contributed by atoms with Crippen molar-refractivity contribution in [1.29, 1.82) is 0 Å². The molecule has 1 aromatic carbocycles. The average Bonchev–Trinajstić information content (AvgIpc) is 2.48. The van der Waals surface area contributed by atoms with Crippen LogP contribution < -0.4 is 0 Å². The molecule has 0 bridgehead atoms. The summed E-state index contributed by atoms with van der Waals surface area (Å²) in [6.45, 7) is 15.8. The lowest BCUT2D eigenvalue weighted by Crippen LogP contribution is -2.32. The topological polar surface area (TPSA) is 6.48 Å². The normalized spacial score (nSPS) is 10.8. The molecule has 0 aliphatic heterocycles. The van der Waals surface area contributed by atoms with Gasteiger partial charge in [0.05, 0.1) is 0 Å². The van der Waals surface area contributed by atoms with E-state index in [1.807, 2.05) is 0 Å². The summed E-state index contributed by atoms with van der Waals surface area (Å²) in [5.74, 6) is 0. The van der Waals surface area contributed by atoms with E-state index in [0.717, 1.165) is 0 Å². The van der Waals surface area contributed by atoms with E-state index in [9.17, 15) is 0 Å². The molecule has 1 aromatic rings. The second-order valence-electron chi connectivity index (χ2n) is 6.41. The van der Waals surface area contributed by atoms with Crippen LogP contribution in [0.2, 0.25) is 0 Å². The van der Waals surface area contributed by atoms with Crippen molar-refractivity contribution in [3.8, 4) is 0 Å². The molecule has 0 spiro atoms. The SMILES string of the molecule is CCCN(CC)CCN(C)C.CCCc1ccc(C)c(C)c1. The van der Waals surface area contributed by atoms with Gasteiger partial charge in [0, 0.05) is 13.1 Å². The number of likely N-dealkylation sites (N-methyl/N-ethyl adjacent to an activating group) is 2. The number of aryl methyl sites for hydroxylation is 3. The largest absolute Gasteiger partial charge is 0.308 e. The summed E-state index contributed by atoms with van der Waals surface area (Å²) >= 11 is 0. The number of hydrogen-bond donors (Lipinski definition) is 0. The smallest absolute Gasteiger partial charge is 0.0109 e. The van der Waals surface area contributed by atoms with Crippen LogP contribution in [0.1, 0.15) is 50.3 Å². The van der Waals surface area contributed by atoms with Gasteiger partial charge in [0.25, 0.3) is 0 Å². The van der Waals surface area contributed by atoms with E-state index >= 15 is 0 Å². The van der Waals surface area contributed by atoms with Crippen molar-refractivity contribution < 1.29 is 0 Å². The highest BCUT2D eigenvalue weighted by atomic mass is 15.2. The van der Waals surface area contributed by atoms with Crippen LogP contribution in [-0.2, 0) is 6.42 Å². The number of benzene rings is 1. The molecule has 0 saturated heterocycles. The van der Waals surface area contributed by atoms with Crippen LogP contribution in [0.5, 0.6) is 0 Å². The molecule has 1 rings (SSSR count). The predicted octanol–water partition coefficient (Wildman–Crippen LogP) is 4.54. The molecule has 0 aliphatic carbocycles. The third kappa shape index (κ3) is 9.97. The van der Waals surface area contributed by atoms with Crippen molar-refractivity contribution in [1.82, 2.24) is 9.80 Å². The molecule has 0 unspecified atom stereocenters. The Kier molecular flexibility index (Phi) is 12.2. The third-order valence-electron chi connectivity index (χ3n) is 3.96. The minimum atomic E-state index is 1.17. The Morgan fingerprint density at radius 3 is 1.95 bits per heavy atom. The van der Waals surface area contributed by atoms with Crippen molar-refractivity contribution >= 4 is 0 Å². The van der Waals surface area contributed by atoms with Gasteiger partial charge in [-0.05, 0) is 70.6 Å². The van der Waals surface area contributed by atoms with Gasteiger partial charge >= 0.3 is 0 Å². The highest BCUT2D eigenvalue weighted by Gasteiger charge is 1.99. The zero-order valence-electron chi connectivity index (χ0n) is 16.1. The number of hydrogen-bond acceptors (Lipinski definition) is 2. The Morgan fingerprint density at radius 1 is 0.818 bits per heavy atom. The molecule has 0 amide bonds. The highest BCUT2D eigenvalue weighted by Crippen LogP contribution is 2.10. The summed E-state index contributed by atoms with van der Waals surface area (Å²) in [4.78, 5) is 4.72. The maximum Gasteiger partial charge on any atom is 0.0109 e. The van der Waals surface area contributed by atoms with Crippen LogP contribution in [0.25, 0.3) is 0 Å². The Balaban J connectivity index is 0.000000401. The molecule has 0 fully saturated rings. The van der Waals surface area contributed by atoms with Crippen LogP contribution in [0.15, 0.2) is 18.2 Å². The standard InChI is InChI=1S/C11H16.C9H22N2/c1-4-5-11-7-6-9(2)10(3)8-11;1-5-7-11(6-2)9-8-10(3)4/h6-8H,4-5H2,1-3H3;5-9H2,1-4H3. The van der Waals surface area contributed by atoms with Gasteiger partial charge in [-0.1, -0.05) is 45.4 Å². The van der Waals surface area contributed by atoms with Gasteiger partial charge in [-0.25, -0.2) is 0 Å². The van der Waals surface area contributed by atoms with Crippen molar-refractivity contribution in [2.24, 2.45) is 0 Å². The third-order valence-corrected chi connectivity index (χ3v) is 3.96. The molecule has 128 valence electrons. The quantitative estimate of drug-likeness (QED) is 0.696. The first kappa shape index (κ1) is 21.1. The van der Waals surface area contributed by atoms with E-state index < -0.39 is 0 Å². The molecule has 22 heavy (non-hydrogen) atoms. The fourth-order valence-corrected chi connectivity index (χ4v) is 2.33. The van der Waals surface area contributed by atoms with E-state index in [1.54, 1.807) is 0 Å². The highest BCUT2D eigenvalue weighted by molar-refractivity contribution is 5.29. The van der Waals surface area contributed by atoms with Gasteiger partial charge in [-0.3, -0.25) is 0 Å². The lowest BCUT2D eigenvalue weighted by atomic mass is 10.0. The van der Waals surface area contributed by atoms with E-state index in [1.165, 1.54) is 62.1 Å². The molecule has 0 radical (unpaired) electrons. The summed E-state index contributed by atoms with van der Waals surface area (Å²) in [7, 11) is 4.25. The molecular weight excluding hydrogens is 268 g/mol. The summed E-state index contributed by atoms with van der Waals surface area (Å²) in [6.07, 6.45) is 3.71. The zero-order chi connectivity index (χ0) is 17.0. The fourth-order valence-electron chi connectivity index (χ4n) is 2.33. The lowest BCUT2D eigenvalue weighted by molar-refractivity contribution is 0.251. The molecule has 0 heterocycles. The number of rotatable bonds is 8. The summed E-state index contributed by atoms with van der Waals surface area (Å²) in [5, 5.41) is 0. The first-order valence-corrected chi connectivity index (χ1v) is 8.87. The Morgan fingerprint density at radius 2 is 1.50 bits per heavy atom. The van der Waals surface area contributed by atoms with Gasteiger partial charge in [0.2, 0.25) is 0 Å². The van der Waals surface area contributed by atoms with Crippen LogP contribution >= 0.6 is 0 Å². The summed E-state index contributed by atoms with van der Waals surface area (Å²) in [6, 6.07) is 6.73. The van der Waals surface area contributed by atoms with Gasteiger partial charge in [0.1, 0.15) is 0 Å². The minimum Gasteiger partial charge on any atom is -0.308 e. The molecule has 2 nitrogen and oxygen atoms in total. The van der Waals surface area contributed by atoms with Gasteiger partial charge in [-0.2, -0.15) is 0 Å². The molecule has 0 saturated carbocycles. The minimum absolute atomic E-state index is 1.17. The monoisotopic (exact) mass is 306 g/mol. The van der Waals surface area contributed by atoms with Crippen LogP contribution in [-0.4, -0.2) is 50.1 Å². The maximum atomic E-state index is 2.49. The van der Waals surface area contributed by atoms with Crippen LogP contribution in [0, 0.1) is 13.8 Å². The second kappa shape index (κ2) is 12.7. The van der Waals surface area contributed by atoms with Crippen molar-refractivity contribution in [2.45, 2.75) is 53.9 Å². The van der Waals surface area contributed by atoms with Crippen LogP contribution in [0.3, 0.4) is 0 Å².